The Bertz CT molecular complexity index is 795. The van der Waals surface area contributed by atoms with E-state index in [-0.39, 0.29) is 11.4 Å². The van der Waals surface area contributed by atoms with Crippen LogP contribution in [0.3, 0.4) is 0 Å². The summed E-state index contributed by atoms with van der Waals surface area (Å²) < 4.78 is 26.8. The van der Waals surface area contributed by atoms with Gasteiger partial charge in [-0.05, 0) is 37.5 Å². The molecule has 1 heterocycles. The minimum atomic E-state index is -3.53. The van der Waals surface area contributed by atoms with Crippen LogP contribution in [0, 0.1) is 0 Å². The lowest BCUT2D eigenvalue weighted by Crippen LogP contribution is -2.41. The number of aryl methyl sites for hydroxylation is 1. The number of sulfonamides is 1. The first-order chi connectivity index (χ1) is 13.1. The SMILES string of the molecule is CCNC(=NCCCc1ccccc1)NCCNS(=O)(=O)c1cccnc1. The van der Waals surface area contributed by atoms with Gasteiger partial charge in [0.1, 0.15) is 4.90 Å². The summed E-state index contributed by atoms with van der Waals surface area (Å²) in [5.74, 6) is 0.686. The molecule has 0 atom stereocenters. The highest BCUT2D eigenvalue weighted by Crippen LogP contribution is 2.04. The van der Waals surface area contributed by atoms with Crippen LogP contribution in [-0.2, 0) is 16.4 Å². The fourth-order valence-electron chi connectivity index (χ4n) is 2.42. The third kappa shape index (κ3) is 7.76. The summed E-state index contributed by atoms with van der Waals surface area (Å²) in [5.41, 5.74) is 1.30. The normalized spacial score (nSPS) is 12.0. The largest absolute Gasteiger partial charge is 0.357 e. The maximum atomic E-state index is 12.1. The van der Waals surface area contributed by atoms with Gasteiger partial charge in [-0.2, -0.15) is 0 Å². The van der Waals surface area contributed by atoms with Crippen molar-refractivity contribution in [1.29, 1.82) is 0 Å². The zero-order chi connectivity index (χ0) is 19.4. The minimum Gasteiger partial charge on any atom is -0.357 e. The first-order valence-corrected chi connectivity index (χ1v) is 10.6. The molecule has 0 unspecified atom stereocenters. The molecule has 0 bridgehead atoms. The number of nitrogens with zero attached hydrogens (tertiary/aromatic N) is 2. The van der Waals surface area contributed by atoms with Gasteiger partial charge in [-0.1, -0.05) is 30.3 Å². The molecule has 0 spiro atoms. The van der Waals surface area contributed by atoms with Gasteiger partial charge in [0.05, 0.1) is 0 Å². The molecular weight excluding hydrogens is 362 g/mol. The van der Waals surface area contributed by atoms with Gasteiger partial charge in [0.15, 0.2) is 5.96 Å². The van der Waals surface area contributed by atoms with Crippen LogP contribution in [0.15, 0.2) is 64.7 Å². The number of rotatable bonds is 10. The molecule has 2 aromatic rings. The summed E-state index contributed by atoms with van der Waals surface area (Å²) in [4.78, 5) is 8.52. The summed E-state index contributed by atoms with van der Waals surface area (Å²) in [6, 6.07) is 13.4. The predicted molar refractivity (Wildman–Crippen MR) is 108 cm³/mol. The Morgan fingerprint density at radius 3 is 2.59 bits per heavy atom. The zero-order valence-corrected chi connectivity index (χ0v) is 16.4. The summed E-state index contributed by atoms with van der Waals surface area (Å²) in [5, 5.41) is 6.30. The number of aromatic nitrogens is 1. The van der Waals surface area contributed by atoms with E-state index >= 15 is 0 Å². The second-order valence-electron chi connectivity index (χ2n) is 5.86. The summed E-state index contributed by atoms with van der Waals surface area (Å²) >= 11 is 0. The smallest absolute Gasteiger partial charge is 0.242 e. The molecule has 0 saturated heterocycles. The van der Waals surface area contributed by atoms with Crippen molar-refractivity contribution in [3.05, 3.63) is 60.4 Å². The summed E-state index contributed by atoms with van der Waals surface area (Å²) in [6.45, 7) is 4.12. The van der Waals surface area contributed by atoms with E-state index in [0.717, 1.165) is 19.4 Å². The van der Waals surface area contributed by atoms with Crippen LogP contribution in [0.1, 0.15) is 18.9 Å². The van der Waals surface area contributed by atoms with Gasteiger partial charge in [0.2, 0.25) is 10.0 Å². The van der Waals surface area contributed by atoms with Gasteiger partial charge in [0, 0.05) is 38.6 Å². The number of nitrogens with one attached hydrogen (secondary N) is 3. The number of guanidine groups is 1. The van der Waals surface area contributed by atoms with Crippen LogP contribution in [0.5, 0.6) is 0 Å². The van der Waals surface area contributed by atoms with Crippen molar-refractivity contribution in [2.45, 2.75) is 24.7 Å². The highest BCUT2D eigenvalue weighted by molar-refractivity contribution is 7.89. The molecule has 0 aliphatic carbocycles. The molecule has 27 heavy (non-hydrogen) atoms. The van der Waals surface area contributed by atoms with Crippen LogP contribution in [0.4, 0.5) is 0 Å². The Morgan fingerprint density at radius 1 is 1.07 bits per heavy atom. The third-order valence-electron chi connectivity index (χ3n) is 3.73. The van der Waals surface area contributed by atoms with E-state index in [0.29, 0.717) is 19.0 Å². The van der Waals surface area contributed by atoms with Crippen LogP contribution in [0.2, 0.25) is 0 Å². The number of aliphatic imine (C=N–C) groups is 1. The van der Waals surface area contributed by atoms with Crippen molar-refractivity contribution in [1.82, 2.24) is 20.3 Å². The van der Waals surface area contributed by atoms with E-state index in [9.17, 15) is 8.42 Å². The average molecular weight is 390 g/mol. The molecule has 0 saturated carbocycles. The lowest BCUT2D eigenvalue weighted by molar-refractivity contribution is 0.580. The van der Waals surface area contributed by atoms with Gasteiger partial charge in [0.25, 0.3) is 0 Å². The van der Waals surface area contributed by atoms with Crippen molar-refractivity contribution < 1.29 is 8.42 Å². The molecule has 0 amide bonds. The molecule has 2 rings (SSSR count). The van der Waals surface area contributed by atoms with Crippen molar-refractivity contribution in [3.8, 4) is 0 Å². The van der Waals surface area contributed by atoms with Crippen LogP contribution >= 0.6 is 0 Å². The van der Waals surface area contributed by atoms with Crippen LogP contribution in [-0.4, -0.2) is 45.5 Å². The van der Waals surface area contributed by atoms with Crippen LogP contribution < -0.4 is 15.4 Å². The number of hydrogen-bond donors (Lipinski definition) is 3. The topological polar surface area (TPSA) is 95.5 Å². The Morgan fingerprint density at radius 2 is 1.89 bits per heavy atom. The summed E-state index contributed by atoms with van der Waals surface area (Å²) in [6.07, 6.45) is 4.80. The zero-order valence-electron chi connectivity index (χ0n) is 15.6. The lowest BCUT2D eigenvalue weighted by Gasteiger charge is -2.12. The molecule has 8 heteroatoms. The molecule has 3 N–H and O–H groups in total. The molecule has 0 fully saturated rings. The van der Waals surface area contributed by atoms with E-state index in [4.69, 9.17) is 0 Å². The molecule has 146 valence electrons. The Balaban J connectivity index is 1.73. The van der Waals surface area contributed by atoms with Gasteiger partial charge < -0.3 is 10.6 Å². The van der Waals surface area contributed by atoms with Crippen LogP contribution in [0.25, 0.3) is 0 Å². The fourth-order valence-corrected chi connectivity index (χ4v) is 3.41. The second kappa shape index (κ2) is 11.3. The number of pyridine rings is 1. The molecule has 0 aliphatic rings. The second-order valence-corrected chi connectivity index (χ2v) is 7.63. The molecular formula is C19H27N5O2S. The molecule has 0 aliphatic heterocycles. The maximum Gasteiger partial charge on any atom is 0.242 e. The third-order valence-corrected chi connectivity index (χ3v) is 5.18. The Hall–Kier alpha value is -2.45. The maximum absolute atomic E-state index is 12.1. The molecule has 7 nitrogen and oxygen atoms in total. The first kappa shape index (κ1) is 20.9. The quantitative estimate of drug-likeness (QED) is 0.326. The molecule has 1 aromatic carbocycles. The van der Waals surface area contributed by atoms with Crippen molar-refractivity contribution >= 4 is 16.0 Å². The molecule has 0 radical (unpaired) electrons. The van der Waals surface area contributed by atoms with Gasteiger partial charge >= 0.3 is 0 Å². The molecule has 1 aromatic heterocycles. The van der Waals surface area contributed by atoms with E-state index in [1.54, 1.807) is 6.07 Å². The summed E-state index contributed by atoms with van der Waals surface area (Å²) in [7, 11) is -3.53. The van der Waals surface area contributed by atoms with Gasteiger partial charge in [-0.3, -0.25) is 9.98 Å². The van der Waals surface area contributed by atoms with E-state index in [1.165, 1.54) is 24.0 Å². The van der Waals surface area contributed by atoms with E-state index < -0.39 is 10.0 Å². The average Bonchev–Trinajstić information content (AvgIpc) is 2.70. The highest BCUT2D eigenvalue weighted by Gasteiger charge is 2.12. The fraction of sp³-hybridized carbons (Fsp3) is 0.368. The van der Waals surface area contributed by atoms with Crippen molar-refractivity contribution in [3.63, 3.8) is 0 Å². The predicted octanol–water partition coefficient (Wildman–Crippen LogP) is 1.55. The number of hydrogen-bond acceptors (Lipinski definition) is 4. The highest BCUT2D eigenvalue weighted by atomic mass is 32.2. The standard InChI is InChI=1S/C19H27N5O2S/c1-2-21-19(22-13-6-10-17-8-4-3-5-9-17)23-14-15-24-27(25,26)18-11-7-12-20-16-18/h3-5,7-9,11-12,16,24H,2,6,10,13-15H2,1H3,(H2,21,22,23). The number of benzene rings is 1. The lowest BCUT2D eigenvalue weighted by atomic mass is 10.1. The van der Waals surface area contributed by atoms with Crippen molar-refractivity contribution in [2.24, 2.45) is 4.99 Å². The van der Waals surface area contributed by atoms with E-state index in [1.807, 2.05) is 25.1 Å². The van der Waals surface area contributed by atoms with Crippen molar-refractivity contribution in [2.75, 3.05) is 26.2 Å². The minimum absolute atomic E-state index is 0.159. The Kier molecular flexibility index (Phi) is 8.73. The Labute approximate surface area is 161 Å². The van der Waals surface area contributed by atoms with E-state index in [2.05, 4.69) is 37.5 Å². The first-order valence-electron chi connectivity index (χ1n) is 9.07. The van der Waals surface area contributed by atoms with Gasteiger partial charge in [-0.25, -0.2) is 13.1 Å². The van der Waals surface area contributed by atoms with Gasteiger partial charge in [-0.15, -0.1) is 0 Å². The monoisotopic (exact) mass is 389 g/mol.